The van der Waals surface area contributed by atoms with Crippen LogP contribution in [0.5, 0.6) is 0 Å². The molecule has 0 heterocycles. The second kappa shape index (κ2) is 14.0. The number of rotatable bonds is 7. The van der Waals surface area contributed by atoms with Crippen LogP contribution in [-0.2, 0) is 10.8 Å². The van der Waals surface area contributed by atoms with Crippen LogP contribution in [0.2, 0.25) is 0 Å². The van der Waals surface area contributed by atoms with E-state index in [4.69, 9.17) is 0 Å². The normalized spacial score (nSPS) is 15.4. The van der Waals surface area contributed by atoms with Gasteiger partial charge in [-0.15, -0.1) is 0 Å². The molecule has 0 bridgehead atoms. The van der Waals surface area contributed by atoms with E-state index in [1.807, 2.05) is 0 Å². The Labute approximate surface area is 353 Å². The number of hydrogen-bond donors (Lipinski definition) is 0. The number of nitrogens with zero attached hydrogens (tertiary/aromatic N) is 1. The maximum Gasteiger partial charge on any atom is 0.0540 e. The minimum atomic E-state index is -0.344. The zero-order chi connectivity index (χ0) is 40.4. The second-order valence-corrected chi connectivity index (χ2v) is 16.9. The lowest BCUT2D eigenvalue weighted by atomic mass is 9.74. The minimum Gasteiger partial charge on any atom is -0.309 e. The molecule has 1 nitrogen and oxygen atoms in total. The van der Waals surface area contributed by atoms with Gasteiger partial charge in [-0.2, -0.15) is 0 Å². The summed E-state index contributed by atoms with van der Waals surface area (Å²) in [5.41, 5.74) is 22.1. The molecule has 286 valence electrons. The molecule has 0 spiro atoms. The predicted octanol–water partition coefficient (Wildman–Crippen LogP) is 15.8. The van der Waals surface area contributed by atoms with Gasteiger partial charge in [-0.3, -0.25) is 0 Å². The largest absolute Gasteiger partial charge is 0.309 e. The molecule has 0 aromatic heterocycles. The fourth-order valence-corrected chi connectivity index (χ4v) is 10.5. The van der Waals surface area contributed by atoms with Crippen molar-refractivity contribution in [2.24, 2.45) is 0 Å². The maximum absolute atomic E-state index is 2.53. The molecule has 0 N–H and O–H groups in total. The van der Waals surface area contributed by atoms with E-state index in [0.717, 1.165) is 17.1 Å². The lowest BCUT2D eigenvalue weighted by Crippen LogP contribution is -2.23. The van der Waals surface area contributed by atoms with E-state index in [2.05, 4.69) is 244 Å². The van der Waals surface area contributed by atoms with Crippen LogP contribution >= 0.6 is 0 Å². The van der Waals surface area contributed by atoms with E-state index >= 15 is 0 Å². The first kappa shape index (κ1) is 35.9. The van der Waals surface area contributed by atoms with Crippen LogP contribution in [0.4, 0.5) is 17.1 Å². The lowest BCUT2D eigenvalue weighted by molar-refractivity contribution is 0.660. The van der Waals surface area contributed by atoms with Crippen molar-refractivity contribution >= 4 is 17.1 Å². The third kappa shape index (κ3) is 5.39. The van der Waals surface area contributed by atoms with E-state index in [0.29, 0.717) is 0 Å². The van der Waals surface area contributed by atoms with Crippen LogP contribution < -0.4 is 4.90 Å². The van der Waals surface area contributed by atoms with Crippen LogP contribution in [0.25, 0.3) is 55.6 Å². The van der Waals surface area contributed by atoms with Gasteiger partial charge in [0.2, 0.25) is 0 Å². The van der Waals surface area contributed by atoms with Crippen molar-refractivity contribution in [3.8, 4) is 55.6 Å². The quantitative estimate of drug-likeness (QED) is 0.156. The summed E-state index contributed by atoms with van der Waals surface area (Å²) in [6, 6.07) is 80.8. The Bertz CT molecular complexity index is 3080. The number of anilines is 3. The monoisotopic (exact) mass is 767 g/mol. The van der Waals surface area contributed by atoms with Crippen molar-refractivity contribution in [3.63, 3.8) is 0 Å². The van der Waals surface area contributed by atoms with Crippen LogP contribution in [0.1, 0.15) is 48.6 Å². The summed E-state index contributed by atoms with van der Waals surface area (Å²) >= 11 is 0. The fraction of sp³-hybridized carbons (Fsp3) is 0.0847. The van der Waals surface area contributed by atoms with Gasteiger partial charge in [0.1, 0.15) is 0 Å². The summed E-state index contributed by atoms with van der Waals surface area (Å²) in [6.07, 6.45) is 0. The molecule has 1 unspecified atom stereocenters. The molecule has 1 heteroatoms. The summed E-state index contributed by atoms with van der Waals surface area (Å²) < 4.78 is 0. The molecule has 0 amide bonds. The van der Waals surface area contributed by atoms with Gasteiger partial charge in [0, 0.05) is 27.6 Å². The van der Waals surface area contributed by atoms with Crippen LogP contribution in [0.15, 0.2) is 218 Å². The molecule has 2 aliphatic carbocycles. The summed E-state index contributed by atoms with van der Waals surface area (Å²) in [4.78, 5) is 2.53. The summed E-state index contributed by atoms with van der Waals surface area (Å²) in [5.74, 6) is 0. The number of benzene rings is 9. The maximum atomic E-state index is 2.53. The lowest BCUT2D eigenvalue weighted by Gasteiger charge is -2.33. The van der Waals surface area contributed by atoms with Gasteiger partial charge in [0.25, 0.3) is 0 Å². The molecule has 0 saturated heterocycles. The van der Waals surface area contributed by atoms with E-state index < -0.39 is 0 Å². The van der Waals surface area contributed by atoms with Crippen molar-refractivity contribution in [2.75, 3.05) is 4.90 Å². The molecule has 1 atom stereocenters. The highest BCUT2D eigenvalue weighted by Crippen LogP contribution is 2.57. The fourth-order valence-electron chi connectivity index (χ4n) is 10.5. The van der Waals surface area contributed by atoms with Gasteiger partial charge in [-0.1, -0.05) is 208 Å². The third-order valence-corrected chi connectivity index (χ3v) is 13.4. The van der Waals surface area contributed by atoms with Crippen molar-refractivity contribution in [3.05, 3.63) is 246 Å². The average Bonchev–Trinajstić information content (AvgIpc) is 3.71. The molecule has 0 aliphatic heterocycles. The van der Waals surface area contributed by atoms with Crippen LogP contribution in [0.3, 0.4) is 0 Å². The number of para-hydroxylation sites is 2. The number of hydrogen-bond acceptors (Lipinski definition) is 1. The number of fused-ring (bicyclic) bond motifs is 6. The average molecular weight is 768 g/mol. The second-order valence-electron chi connectivity index (χ2n) is 16.9. The summed E-state index contributed by atoms with van der Waals surface area (Å²) in [5, 5.41) is 0. The van der Waals surface area contributed by atoms with E-state index in [1.165, 1.54) is 83.5 Å². The van der Waals surface area contributed by atoms with E-state index in [1.54, 1.807) is 0 Å². The zero-order valence-corrected chi connectivity index (χ0v) is 34.2. The van der Waals surface area contributed by atoms with E-state index in [-0.39, 0.29) is 10.8 Å². The SMILES string of the molecule is CC1(C)c2ccccc2-c2c(-c3ccccc3N(c3ccc4c(c3)C(C)(c3ccccc3)c3ccccc3-4)c3ccccc3-c3ccccc3-c3ccccc3)cccc21. The first-order valence-corrected chi connectivity index (χ1v) is 21.1. The van der Waals surface area contributed by atoms with Gasteiger partial charge in [-0.25, -0.2) is 0 Å². The molecule has 0 saturated carbocycles. The highest BCUT2D eigenvalue weighted by atomic mass is 15.1. The molecular formula is C59H45N. The van der Waals surface area contributed by atoms with Gasteiger partial charge >= 0.3 is 0 Å². The Morgan fingerprint density at radius 2 is 0.800 bits per heavy atom. The van der Waals surface area contributed by atoms with Crippen molar-refractivity contribution < 1.29 is 0 Å². The van der Waals surface area contributed by atoms with Crippen molar-refractivity contribution in [1.29, 1.82) is 0 Å². The van der Waals surface area contributed by atoms with Gasteiger partial charge in [0.15, 0.2) is 0 Å². The standard InChI is InChI=1S/C59H45N/c1-58(2)51-32-16-13-30-50(51)57-49(31-20-34-53(57)58)48-29-15-19-36-56(48)60(55-35-18-14-28-47(55)44-26-11-10-25-43(44)40-21-6-4-7-22-40)42-37-38-46-45-27-12-17-33-52(45)59(3,54(46)39-42)41-23-8-5-9-24-41/h4-39H,1-3H3. The Balaban J connectivity index is 1.20. The smallest absolute Gasteiger partial charge is 0.0540 e. The first-order chi connectivity index (χ1) is 29.4. The summed E-state index contributed by atoms with van der Waals surface area (Å²) in [6.45, 7) is 7.14. The van der Waals surface area contributed by atoms with Crippen LogP contribution in [-0.4, -0.2) is 0 Å². The minimum absolute atomic E-state index is 0.110. The Morgan fingerprint density at radius 3 is 1.50 bits per heavy atom. The highest BCUT2D eigenvalue weighted by molar-refractivity contribution is 6.01. The molecule has 2 aliphatic rings. The van der Waals surface area contributed by atoms with Crippen LogP contribution in [0, 0.1) is 0 Å². The van der Waals surface area contributed by atoms with Gasteiger partial charge in [-0.05, 0) is 104 Å². The van der Waals surface area contributed by atoms with Gasteiger partial charge < -0.3 is 4.90 Å². The molecule has 9 aromatic carbocycles. The molecule has 11 rings (SSSR count). The predicted molar refractivity (Wildman–Crippen MR) is 252 cm³/mol. The van der Waals surface area contributed by atoms with E-state index in [9.17, 15) is 0 Å². The molecular weight excluding hydrogens is 723 g/mol. The highest BCUT2D eigenvalue weighted by Gasteiger charge is 2.41. The van der Waals surface area contributed by atoms with Gasteiger partial charge in [0.05, 0.1) is 11.4 Å². The topological polar surface area (TPSA) is 3.24 Å². The molecule has 0 radical (unpaired) electrons. The third-order valence-electron chi connectivity index (χ3n) is 13.4. The van der Waals surface area contributed by atoms with Crippen molar-refractivity contribution in [1.82, 2.24) is 0 Å². The Morgan fingerprint density at radius 1 is 0.317 bits per heavy atom. The molecule has 9 aromatic rings. The van der Waals surface area contributed by atoms with Crippen molar-refractivity contribution in [2.45, 2.75) is 31.6 Å². The zero-order valence-electron chi connectivity index (χ0n) is 34.2. The summed E-state index contributed by atoms with van der Waals surface area (Å²) in [7, 11) is 0. The first-order valence-electron chi connectivity index (χ1n) is 21.1. The Hall–Kier alpha value is -7.22. The molecule has 0 fully saturated rings. The Kier molecular flexibility index (Phi) is 8.36. The molecule has 60 heavy (non-hydrogen) atoms.